The van der Waals surface area contributed by atoms with E-state index in [9.17, 15) is 4.79 Å². The van der Waals surface area contributed by atoms with Crippen LogP contribution in [0.4, 0.5) is 5.82 Å². The van der Waals surface area contributed by atoms with E-state index in [2.05, 4.69) is 17.3 Å². The lowest BCUT2D eigenvalue weighted by Crippen LogP contribution is -2.31. The zero-order chi connectivity index (χ0) is 17.0. The fraction of sp³-hybridized carbons (Fsp3) is 0.375. The Balaban J connectivity index is 2.04. The van der Waals surface area contributed by atoms with Gasteiger partial charge < -0.3 is 10.1 Å². The third kappa shape index (κ3) is 4.39. The largest absolute Gasteiger partial charge is 0.479 e. The molecule has 2 atom stereocenters. The van der Waals surface area contributed by atoms with Gasteiger partial charge in [0, 0.05) is 11.1 Å². The van der Waals surface area contributed by atoms with E-state index < -0.39 is 6.10 Å². The molecule has 0 saturated heterocycles. The Bertz CT molecular complexity index is 688. The van der Waals surface area contributed by atoms with Crippen molar-refractivity contribution in [2.45, 2.75) is 39.3 Å². The Morgan fingerprint density at radius 1 is 1.35 bits per heavy atom. The first kappa shape index (κ1) is 17.6. The fourth-order valence-corrected chi connectivity index (χ4v) is 2.43. The molecule has 1 aromatic carbocycles. The zero-order valence-corrected chi connectivity index (χ0v) is 14.7. The minimum atomic E-state index is -0.714. The fourth-order valence-electron chi connectivity index (χ4n) is 1.98. The maximum Gasteiger partial charge on any atom is 0.266 e. The number of halogens is 2. The molecule has 0 saturated carbocycles. The van der Waals surface area contributed by atoms with E-state index in [0.29, 0.717) is 21.6 Å². The second-order valence-electron chi connectivity index (χ2n) is 5.24. The van der Waals surface area contributed by atoms with Gasteiger partial charge in [0.1, 0.15) is 11.6 Å². The molecule has 124 valence electrons. The third-order valence-corrected chi connectivity index (χ3v) is 4.03. The van der Waals surface area contributed by atoms with Crippen LogP contribution in [0.1, 0.15) is 33.2 Å². The van der Waals surface area contributed by atoms with Crippen LogP contribution < -0.4 is 10.1 Å². The van der Waals surface area contributed by atoms with E-state index >= 15 is 0 Å². The van der Waals surface area contributed by atoms with Crippen LogP contribution in [0.3, 0.4) is 0 Å². The van der Waals surface area contributed by atoms with Gasteiger partial charge in [-0.15, -0.1) is 0 Å². The molecular weight excluding hydrogens is 337 g/mol. The van der Waals surface area contributed by atoms with Gasteiger partial charge >= 0.3 is 0 Å². The molecule has 1 amide bonds. The molecule has 1 heterocycles. The highest BCUT2D eigenvalue weighted by Gasteiger charge is 2.19. The third-order valence-electron chi connectivity index (χ3n) is 3.50. The van der Waals surface area contributed by atoms with Gasteiger partial charge in [-0.3, -0.25) is 4.79 Å². The Morgan fingerprint density at radius 2 is 2.09 bits per heavy atom. The van der Waals surface area contributed by atoms with Crippen LogP contribution in [0.25, 0.3) is 0 Å². The van der Waals surface area contributed by atoms with Crippen molar-refractivity contribution in [2.75, 3.05) is 5.32 Å². The molecule has 2 aromatic rings. The summed E-state index contributed by atoms with van der Waals surface area (Å²) in [7, 11) is 0. The minimum absolute atomic E-state index is 0.197. The van der Waals surface area contributed by atoms with Gasteiger partial charge in [-0.25, -0.2) is 4.68 Å². The summed E-state index contributed by atoms with van der Waals surface area (Å²) in [5.41, 5.74) is 0. The number of ether oxygens (including phenoxy) is 1. The Kier molecular flexibility index (Phi) is 5.91. The van der Waals surface area contributed by atoms with Crippen molar-refractivity contribution in [1.29, 1.82) is 0 Å². The van der Waals surface area contributed by atoms with E-state index in [1.54, 1.807) is 42.1 Å². The highest BCUT2D eigenvalue weighted by Crippen LogP contribution is 2.28. The average molecular weight is 356 g/mol. The standard InChI is InChI=1S/C16H19Cl2N3O2/c1-4-10(2)21-15(7-8-19-21)20-16(22)11(3)23-14-6-5-12(17)9-13(14)18/h5-11H,4H2,1-3H3,(H,20,22)/t10-,11+/m1/s1. The van der Waals surface area contributed by atoms with Crippen LogP contribution in [0.15, 0.2) is 30.5 Å². The quantitative estimate of drug-likeness (QED) is 0.825. The number of amides is 1. The van der Waals surface area contributed by atoms with Gasteiger partial charge in [0.15, 0.2) is 6.10 Å². The molecule has 0 bridgehead atoms. The number of aromatic nitrogens is 2. The number of hydrogen-bond acceptors (Lipinski definition) is 3. The van der Waals surface area contributed by atoms with Crippen molar-refractivity contribution < 1.29 is 9.53 Å². The molecule has 0 aliphatic rings. The van der Waals surface area contributed by atoms with Gasteiger partial charge in [0.2, 0.25) is 0 Å². The van der Waals surface area contributed by atoms with E-state index in [1.807, 2.05) is 6.92 Å². The van der Waals surface area contributed by atoms with E-state index in [0.717, 1.165) is 6.42 Å². The molecule has 5 nitrogen and oxygen atoms in total. The van der Waals surface area contributed by atoms with Crippen molar-refractivity contribution in [2.24, 2.45) is 0 Å². The van der Waals surface area contributed by atoms with Gasteiger partial charge in [-0.1, -0.05) is 30.1 Å². The van der Waals surface area contributed by atoms with Crippen LogP contribution in [0, 0.1) is 0 Å². The van der Waals surface area contributed by atoms with Gasteiger partial charge in [0.05, 0.1) is 17.3 Å². The van der Waals surface area contributed by atoms with Crippen LogP contribution in [-0.4, -0.2) is 21.8 Å². The van der Waals surface area contributed by atoms with Crippen molar-refractivity contribution in [3.8, 4) is 5.75 Å². The second kappa shape index (κ2) is 7.70. The van der Waals surface area contributed by atoms with Crippen molar-refractivity contribution >= 4 is 34.9 Å². The Morgan fingerprint density at radius 3 is 2.74 bits per heavy atom. The molecule has 0 unspecified atom stereocenters. The molecule has 1 aromatic heterocycles. The molecular formula is C16H19Cl2N3O2. The van der Waals surface area contributed by atoms with Gasteiger partial charge in [-0.05, 0) is 38.5 Å². The number of benzene rings is 1. The Hall–Kier alpha value is -1.72. The molecule has 2 rings (SSSR count). The molecule has 0 aliphatic carbocycles. The lowest BCUT2D eigenvalue weighted by atomic mass is 10.3. The Labute approximate surface area is 145 Å². The van der Waals surface area contributed by atoms with E-state index in [4.69, 9.17) is 27.9 Å². The predicted molar refractivity (Wildman–Crippen MR) is 92.4 cm³/mol. The highest BCUT2D eigenvalue weighted by molar-refractivity contribution is 6.35. The summed E-state index contributed by atoms with van der Waals surface area (Å²) in [6, 6.07) is 6.82. The second-order valence-corrected chi connectivity index (χ2v) is 6.09. The van der Waals surface area contributed by atoms with E-state index in [1.165, 1.54) is 0 Å². The molecule has 0 radical (unpaired) electrons. The molecule has 23 heavy (non-hydrogen) atoms. The number of nitrogens with one attached hydrogen (secondary N) is 1. The summed E-state index contributed by atoms with van der Waals surface area (Å²) < 4.78 is 7.38. The van der Waals surface area contributed by atoms with Crippen molar-refractivity contribution in [1.82, 2.24) is 9.78 Å². The summed E-state index contributed by atoms with van der Waals surface area (Å²) in [6.07, 6.45) is 1.86. The molecule has 7 heteroatoms. The summed E-state index contributed by atoms with van der Waals surface area (Å²) in [6.45, 7) is 5.76. The lowest BCUT2D eigenvalue weighted by Gasteiger charge is -2.18. The van der Waals surface area contributed by atoms with E-state index in [-0.39, 0.29) is 11.9 Å². The topological polar surface area (TPSA) is 56.2 Å². The van der Waals surface area contributed by atoms with Crippen molar-refractivity contribution in [3.63, 3.8) is 0 Å². The monoisotopic (exact) mass is 355 g/mol. The maximum absolute atomic E-state index is 12.3. The average Bonchev–Trinajstić information content (AvgIpc) is 2.97. The normalized spacial score (nSPS) is 13.4. The molecule has 1 N–H and O–H groups in total. The zero-order valence-electron chi connectivity index (χ0n) is 13.2. The summed E-state index contributed by atoms with van der Waals surface area (Å²) in [5.74, 6) is 0.775. The summed E-state index contributed by atoms with van der Waals surface area (Å²) in [4.78, 5) is 12.3. The number of rotatable bonds is 6. The first-order valence-electron chi connectivity index (χ1n) is 7.38. The first-order valence-corrected chi connectivity index (χ1v) is 8.14. The summed E-state index contributed by atoms with van der Waals surface area (Å²) >= 11 is 11.9. The maximum atomic E-state index is 12.3. The lowest BCUT2D eigenvalue weighted by molar-refractivity contribution is -0.122. The number of carbonyl (C=O) groups excluding carboxylic acids is 1. The van der Waals surface area contributed by atoms with Gasteiger partial charge in [0.25, 0.3) is 5.91 Å². The van der Waals surface area contributed by atoms with Crippen molar-refractivity contribution in [3.05, 3.63) is 40.5 Å². The SMILES string of the molecule is CC[C@@H](C)n1nccc1NC(=O)[C@H](C)Oc1ccc(Cl)cc1Cl. The van der Waals surface area contributed by atoms with Crippen LogP contribution >= 0.6 is 23.2 Å². The van der Waals surface area contributed by atoms with Crippen LogP contribution in [-0.2, 0) is 4.79 Å². The highest BCUT2D eigenvalue weighted by atomic mass is 35.5. The van der Waals surface area contributed by atoms with Crippen LogP contribution in [0.2, 0.25) is 10.0 Å². The first-order chi connectivity index (χ1) is 10.9. The molecule has 0 fully saturated rings. The number of nitrogens with zero attached hydrogens (tertiary/aromatic N) is 2. The number of hydrogen-bond donors (Lipinski definition) is 1. The minimum Gasteiger partial charge on any atom is -0.479 e. The van der Waals surface area contributed by atoms with Gasteiger partial charge in [-0.2, -0.15) is 5.10 Å². The predicted octanol–water partition coefficient (Wildman–Crippen LogP) is 4.57. The summed E-state index contributed by atoms with van der Waals surface area (Å²) in [5, 5.41) is 7.93. The molecule has 0 aliphatic heterocycles. The number of carbonyl (C=O) groups is 1. The number of anilines is 1. The smallest absolute Gasteiger partial charge is 0.266 e. The molecule has 0 spiro atoms. The van der Waals surface area contributed by atoms with Crippen LogP contribution in [0.5, 0.6) is 5.75 Å².